The van der Waals surface area contributed by atoms with E-state index >= 15 is 0 Å². The van der Waals surface area contributed by atoms with Crippen molar-refractivity contribution in [3.63, 3.8) is 0 Å². The van der Waals surface area contributed by atoms with Crippen LogP contribution in [-0.2, 0) is 10.8 Å². The van der Waals surface area contributed by atoms with E-state index in [2.05, 4.69) is 499 Å². The molecule has 0 fully saturated rings. The van der Waals surface area contributed by atoms with E-state index in [1.165, 1.54) is 128 Å². The standard InChI is InChI=1S/C120H88N2/c1-119(2)111-51-25-24-46-105(111)106-73-64-94(78-112(106)119)85-60-69-98(70-61-85)121(115-52-28-49-103(89-36-16-8-17-37-89)117(115)109-47-22-20-44-101(109)87-32-12-6-13-33-87)97-67-58-83(59-68-97)82-54-56-84(57-55-82)91-40-26-41-92(76-91)96-66-75-108-107-74-65-95(79-113(107)120(3,4)114(108)80-96)86-62-71-99(72-63-86)122(100-43-27-42-93(77-100)81-30-10-5-11-31-81)116-53-29-50-104(90-38-18-9-19-39-90)118(116)110-48-23-21-45-102(110)88-34-14-7-15-35-88/h5-80H,1-4H3. The second kappa shape index (κ2) is 31.2. The first kappa shape index (κ1) is 74.3. The molecular formula is C120H88N2. The summed E-state index contributed by atoms with van der Waals surface area (Å²) in [5.41, 5.74) is 44.9. The molecule has 2 nitrogen and oxygen atoms in total. The lowest BCUT2D eigenvalue weighted by atomic mass is 9.80. The molecule has 19 aromatic rings. The van der Waals surface area contributed by atoms with E-state index in [1.807, 2.05) is 0 Å². The fourth-order valence-electron chi connectivity index (χ4n) is 19.3. The van der Waals surface area contributed by atoms with Crippen LogP contribution in [0.3, 0.4) is 0 Å². The first-order valence-corrected chi connectivity index (χ1v) is 42.5. The first-order chi connectivity index (χ1) is 60.0. The van der Waals surface area contributed by atoms with Crippen molar-refractivity contribution >= 4 is 34.1 Å². The van der Waals surface area contributed by atoms with Crippen molar-refractivity contribution in [2.45, 2.75) is 38.5 Å². The summed E-state index contributed by atoms with van der Waals surface area (Å²) in [5.74, 6) is 0. The Morgan fingerprint density at radius 1 is 0.139 bits per heavy atom. The zero-order valence-electron chi connectivity index (χ0n) is 68.8. The van der Waals surface area contributed by atoms with Gasteiger partial charge in [-0.3, -0.25) is 0 Å². The summed E-state index contributed by atoms with van der Waals surface area (Å²) in [5, 5.41) is 0. The maximum Gasteiger partial charge on any atom is 0.0546 e. The Morgan fingerprint density at radius 2 is 0.377 bits per heavy atom. The zero-order valence-corrected chi connectivity index (χ0v) is 68.8. The topological polar surface area (TPSA) is 6.48 Å². The van der Waals surface area contributed by atoms with Crippen molar-refractivity contribution < 1.29 is 0 Å². The minimum Gasteiger partial charge on any atom is -0.310 e. The van der Waals surface area contributed by atoms with E-state index in [0.717, 1.165) is 84.2 Å². The molecular weight excluding hydrogens is 1470 g/mol. The Morgan fingerprint density at radius 3 is 0.787 bits per heavy atom. The molecule has 0 aromatic heterocycles. The summed E-state index contributed by atoms with van der Waals surface area (Å²) < 4.78 is 0. The van der Waals surface area contributed by atoms with Crippen LogP contribution in [0, 0.1) is 0 Å². The lowest BCUT2D eigenvalue weighted by molar-refractivity contribution is 0.660. The zero-order chi connectivity index (χ0) is 81.8. The molecule has 0 spiro atoms. The molecule has 21 rings (SSSR count). The second-order valence-corrected chi connectivity index (χ2v) is 33.4. The third-order valence-corrected chi connectivity index (χ3v) is 25.6. The smallest absolute Gasteiger partial charge is 0.0546 e. The van der Waals surface area contributed by atoms with Gasteiger partial charge in [0.1, 0.15) is 0 Å². The molecule has 0 saturated heterocycles. The van der Waals surface area contributed by atoms with Gasteiger partial charge in [0.15, 0.2) is 0 Å². The Bertz CT molecular complexity index is 7110. The number of hydrogen-bond acceptors (Lipinski definition) is 2. The monoisotopic (exact) mass is 1560 g/mol. The fraction of sp³-hybridized carbons (Fsp3) is 0.0500. The second-order valence-electron chi connectivity index (χ2n) is 33.4. The molecule has 0 unspecified atom stereocenters. The molecule has 2 aliphatic carbocycles. The van der Waals surface area contributed by atoms with E-state index in [9.17, 15) is 0 Å². The van der Waals surface area contributed by atoms with E-state index in [-0.39, 0.29) is 10.8 Å². The summed E-state index contributed by atoms with van der Waals surface area (Å²) in [6.07, 6.45) is 0. The van der Waals surface area contributed by atoms with Gasteiger partial charge in [0.2, 0.25) is 0 Å². The van der Waals surface area contributed by atoms with Gasteiger partial charge in [0.25, 0.3) is 0 Å². The molecule has 0 N–H and O–H groups in total. The van der Waals surface area contributed by atoms with Gasteiger partial charge in [-0.2, -0.15) is 0 Å². The summed E-state index contributed by atoms with van der Waals surface area (Å²) in [4.78, 5) is 4.92. The van der Waals surface area contributed by atoms with E-state index in [0.29, 0.717) is 0 Å². The predicted molar refractivity (Wildman–Crippen MR) is 516 cm³/mol. The average molecular weight is 1560 g/mol. The number of rotatable bonds is 18. The summed E-state index contributed by atoms with van der Waals surface area (Å²) in [6.45, 7) is 9.52. The number of benzene rings is 19. The lowest BCUT2D eigenvalue weighted by Crippen LogP contribution is -2.15. The molecule has 0 saturated carbocycles. The highest BCUT2D eigenvalue weighted by atomic mass is 15.2. The van der Waals surface area contributed by atoms with Crippen molar-refractivity contribution in [1.82, 2.24) is 0 Å². The van der Waals surface area contributed by atoms with Crippen molar-refractivity contribution in [2.24, 2.45) is 0 Å². The predicted octanol–water partition coefficient (Wildman–Crippen LogP) is 33.2. The van der Waals surface area contributed by atoms with Crippen LogP contribution >= 0.6 is 0 Å². The number of nitrogens with zero attached hydrogens (tertiary/aromatic N) is 2. The van der Waals surface area contributed by atoms with Gasteiger partial charge in [-0.15, -0.1) is 0 Å². The lowest BCUT2D eigenvalue weighted by Gasteiger charge is -2.30. The van der Waals surface area contributed by atoms with Crippen LogP contribution in [-0.4, -0.2) is 0 Å². The van der Waals surface area contributed by atoms with E-state index < -0.39 is 0 Å². The van der Waals surface area contributed by atoms with Crippen LogP contribution in [0.1, 0.15) is 49.9 Å². The Kier molecular flexibility index (Phi) is 19.0. The molecule has 19 aromatic carbocycles. The van der Waals surface area contributed by atoms with Crippen LogP contribution in [0.25, 0.3) is 156 Å². The maximum absolute atomic E-state index is 2.46. The molecule has 0 radical (unpaired) electrons. The van der Waals surface area contributed by atoms with Crippen molar-refractivity contribution in [3.05, 3.63) is 483 Å². The van der Waals surface area contributed by atoms with Gasteiger partial charge in [-0.25, -0.2) is 0 Å². The van der Waals surface area contributed by atoms with E-state index in [4.69, 9.17) is 0 Å². The molecule has 2 aliphatic rings. The average Bonchev–Trinajstić information content (AvgIpc) is 1.53. The highest BCUT2D eigenvalue weighted by Crippen LogP contribution is 2.55. The minimum absolute atomic E-state index is 0.101. The van der Waals surface area contributed by atoms with Gasteiger partial charge >= 0.3 is 0 Å². The largest absolute Gasteiger partial charge is 0.310 e. The fourth-order valence-corrected chi connectivity index (χ4v) is 19.3. The quantitative estimate of drug-likeness (QED) is 0.0845. The molecule has 0 atom stereocenters. The highest BCUT2D eigenvalue weighted by Gasteiger charge is 2.38. The highest BCUT2D eigenvalue weighted by molar-refractivity contribution is 6.04. The van der Waals surface area contributed by atoms with Gasteiger partial charge in [0, 0.05) is 44.7 Å². The van der Waals surface area contributed by atoms with Crippen LogP contribution < -0.4 is 9.80 Å². The minimum atomic E-state index is -0.260. The summed E-state index contributed by atoms with van der Waals surface area (Å²) >= 11 is 0. The summed E-state index contributed by atoms with van der Waals surface area (Å²) in [6, 6.07) is 170. The Hall–Kier alpha value is -15.2. The number of anilines is 6. The number of fused-ring (bicyclic) bond motifs is 6. The Labute approximate surface area is 716 Å². The molecule has 0 bridgehead atoms. The SMILES string of the molecule is CC1(C)c2ccccc2-c2ccc(-c3ccc(N(c4ccc(-c5ccc(-c6cccc(-c7ccc8c(c7)C(C)(C)c7cc(-c9ccc(N(c%10cccc(-c%11ccccc%11)c%10)c%10cccc(-c%11ccccc%11)c%10-c%10ccccc%10-c%10ccccc%10)cc9)ccc7-8)c6)cc5)cc4)c4cccc(-c5ccccc5)c4-c4ccccc4-c4ccccc4)cc3)cc21. The van der Waals surface area contributed by atoms with Gasteiger partial charge in [0.05, 0.1) is 11.4 Å². The molecule has 0 heterocycles. The maximum atomic E-state index is 2.46. The number of hydrogen-bond donors (Lipinski definition) is 0. The van der Waals surface area contributed by atoms with Gasteiger partial charge in [-0.1, -0.05) is 404 Å². The van der Waals surface area contributed by atoms with Crippen LogP contribution in [0.15, 0.2) is 461 Å². The van der Waals surface area contributed by atoms with Crippen LogP contribution in [0.2, 0.25) is 0 Å². The van der Waals surface area contributed by atoms with Gasteiger partial charge < -0.3 is 9.80 Å². The Balaban J connectivity index is 0.578. The molecule has 122 heavy (non-hydrogen) atoms. The molecule has 0 amide bonds. The van der Waals surface area contributed by atoms with Crippen LogP contribution in [0.4, 0.5) is 34.1 Å². The van der Waals surface area contributed by atoms with E-state index in [1.54, 1.807) is 0 Å². The molecule has 0 aliphatic heterocycles. The first-order valence-electron chi connectivity index (χ1n) is 42.5. The molecule has 2 heteroatoms. The summed E-state index contributed by atoms with van der Waals surface area (Å²) in [7, 11) is 0. The van der Waals surface area contributed by atoms with Crippen molar-refractivity contribution in [2.75, 3.05) is 9.80 Å². The van der Waals surface area contributed by atoms with Crippen molar-refractivity contribution in [1.29, 1.82) is 0 Å². The third kappa shape index (κ3) is 13.5. The van der Waals surface area contributed by atoms with Crippen LogP contribution in [0.5, 0.6) is 0 Å². The van der Waals surface area contributed by atoms with Crippen molar-refractivity contribution in [3.8, 4) is 156 Å². The van der Waals surface area contributed by atoms with Gasteiger partial charge in [-0.05, 0) is 252 Å². The normalized spacial score (nSPS) is 12.6. The third-order valence-electron chi connectivity index (χ3n) is 25.6. The molecule has 578 valence electrons.